The molecule has 12 heavy (non-hydrogen) atoms. The van der Waals surface area contributed by atoms with Gasteiger partial charge in [-0.25, -0.2) is 0 Å². The molecular formula is C10H13O2-. The van der Waals surface area contributed by atoms with E-state index in [1.54, 1.807) is 6.92 Å². The van der Waals surface area contributed by atoms with Crippen LogP contribution >= 0.6 is 0 Å². The van der Waals surface area contributed by atoms with E-state index in [1.807, 2.05) is 30.3 Å². The monoisotopic (exact) mass is 165 g/mol. The van der Waals surface area contributed by atoms with Crippen LogP contribution in [0.15, 0.2) is 30.3 Å². The number of hydrogen-bond acceptors (Lipinski definition) is 2. The van der Waals surface area contributed by atoms with Crippen molar-refractivity contribution >= 4 is 0 Å². The van der Waals surface area contributed by atoms with E-state index in [-0.39, 0.29) is 6.61 Å². The van der Waals surface area contributed by atoms with E-state index < -0.39 is 6.10 Å². The molecule has 0 amide bonds. The van der Waals surface area contributed by atoms with Gasteiger partial charge in [-0.05, 0) is 5.56 Å². The van der Waals surface area contributed by atoms with Gasteiger partial charge < -0.3 is 9.84 Å². The second kappa shape index (κ2) is 4.91. The number of ether oxygens (including phenoxy) is 1. The zero-order chi connectivity index (χ0) is 8.81. The molecule has 0 aromatic heterocycles. The summed E-state index contributed by atoms with van der Waals surface area (Å²) in [6.45, 7) is 2.42. The van der Waals surface area contributed by atoms with Gasteiger partial charge in [0.05, 0.1) is 6.61 Å². The van der Waals surface area contributed by atoms with E-state index in [2.05, 4.69) is 0 Å². The summed E-state index contributed by atoms with van der Waals surface area (Å²) in [4.78, 5) is 0. The molecule has 1 aromatic rings. The van der Waals surface area contributed by atoms with E-state index >= 15 is 0 Å². The Hall–Kier alpha value is -0.860. The van der Waals surface area contributed by atoms with E-state index in [1.165, 1.54) is 0 Å². The topological polar surface area (TPSA) is 32.3 Å². The van der Waals surface area contributed by atoms with Crippen LogP contribution in [-0.2, 0) is 11.3 Å². The van der Waals surface area contributed by atoms with Crippen molar-refractivity contribution in [3.8, 4) is 0 Å². The van der Waals surface area contributed by atoms with Crippen molar-refractivity contribution in [3.05, 3.63) is 35.9 Å². The molecule has 1 unspecified atom stereocenters. The molecule has 1 atom stereocenters. The summed E-state index contributed by atoms with van der Waals surface area (Å²) in [7, 11) is 0. The van der Waals surface area contributed by atoms with Crippen LogP contribution in [0.5, 0.6) is 0 Å². The Kier molecular flexibility index (Phi) is 3.77. The fourth-order valence-electron chi connectivity index (χ4n) is 0.917. The van der Waals surface area contributed by atoms with E-state index in [0.717, 1.165) is 5.56 Å². The lowest BCUT2D eigenvalue weighted by atomic mass is 10.2. The van der Waals surface area contributed by atoms with Crippen LogP contribution in [0.25, 0.3) is 0 Å². The maximum absolute atomic E-state index is 10.6. The van der Waals surface area contributed by atoms with Crippen molar-refractivity contribution in [2.24, 2.45) is 0 Å². The highest BCUT2D eigenvalue weighted by Gasteiger charge is 1.90. The van der Waals surface area contributed by atoms with Gasteiger partial charge in [0, 0.05) is 6.61 Å². The Morgan fingerprint density at radius 3 is 2.58 bits per heavy atom. The summed E-state index contributed by atoms with van der Waals surface area (Å²) in [6.07, 6.45) is -0.631. The van der Waals surface area contributed by atoms with Gasteiger partial charge in [0.2, 0.25) is 0 Å². The van der Waals surface area contributed by atoms with Gasteiger partial charge in [-0.15, -0.1) is 6.10 Å². The van der Waals surface area contributed by atoms with E-state index in [9.17, 15) is 5.11 Å². The van der Waals surface area contributed by atoms with Crippen molar-refractivity contribution in [1.82, 2.24) is 0 Å². The zero-order valence-corrected chi connectivity index (χ0v) is 7.19. The van der Waals surface area contributed by atoms with Gasteiger partial charge in [-0.2, -0.15) is 0 Å². The average molecular weight is 165 g/mol. The quantitative estimate of drug-likeness (QED) is 0.665. The van der Waals surface area contributed by atoms with Gasteiger partial charge in [-0.1, -0.05) is 37.3 Å². The molecule has 0 spiro atoms. The lowest BCUT2D eigenvalue weighted by molar-refractivity contribution is -0.421. The van der Waals surface area contributed by atoms with Gasteiger partial charge >= 0.3 is 0 Å². The Labute approximate surface area is 72.8 Å². The maximum Gasteiger partial charge on any atom is 0.0716 e. The van der Waals surface area contributed by atoms with Crippen molar-refractivity contribution < 1.29 is 9.84 Å². The third kappa shape index (κ3) is 3.51. The normalized spacial score (nSPS) is 12.8. The summed E-state index contributed by atoms with van der Waals surface area (Å²) in [6, 6.07) is 9.84. The Balaban J connectivity index is 2.25. The van der Waals surface area contributed by atoms with Crippen LogP contribution in [0.3, 0.4) is 0 Å². The maximum atomic E-state index is 10.6. The van der Waals surface area contributed by atoms with Crippen LogP contribution in [0.4, 0.5) is 0 Å². The molecular weight excluding hydrogens is 152 g/mol. The fourth-order valence-corrected chi connectivity index (χ4v) is 0.917. The summed E-state index contributed by atoms with van der Waals surface area (Å²) < 4.78 is 5.17. The first-order chi connectivity index (χ1) is 5.79. The first-order valence-corrected chi connectivity index (χ1v) is 4.06. The standard InChI is InChI=1S/C10H13O2/c1-9(11)7-12-8-10-5-3-2-4-6-10/h2-6,9H,7-8H2,1H3/q-1. The van der Waals surface area contributed by atoms with Gasteiger partial charge in [0.25, 0.3) is 0 Å². The van der Waals surface area contributed by atoms with Crippen molar-refractivity contribution in [2.75, 3.05) is 6.61 Å². The van der Waals surface area contributed by atoms with Crippen LogP contribution in [0.2, 0.25) is 0 Å². The highest BCUT2D eigenvalue weighted by atomic mass is 16.5. The molecule has 0 bridgehead atoms. The average Bonchev–Trinajstić information content (AvgIpc) is 2.05. The first-order valence-electron chi connectivity index (χ1n) is 4.06. The second-order valence-electron chi connectivity index (χ2n) is 2.81. The summed E-state index contributed by atoms with van der Waals surface area (Å²) in [5.74, 6) is 0. The third-order valence-corrected chi connectivity index (χ3v) is 1.46. The lowest BCUT2D eigenvalue weighted by Crippen LogP contribution is -2.26. The van der Waals surface area contributed by atoms with Crippen LogP contribution in [0, 0.1) is 0 Å². The van der Waals surface area contributed by atoms with Crippen LogP contribution in [-0.4, -0.2) is 12.7 Å². The van der Waals surface area contributed by atoms with Crippen molar-refractivity contribution in [1.29, 1.82) is 0 Å². The predicted octanol–water partition coefficient (Wildman–Crippen LogP) is 0.952. The molecule has 0 heterocycles. The summed E-state index contributed by atoms with van der Waals surface area (Å²) in [5, 5.41) is 10.6. The molecule has 0 saturated heterocycles. The van der Waals surface area contributed by atoms with Gasteiger partial charge in [0.1, 0.15) is 0 Å². The predicted molar refractivity (Wildman–Crippen MR) is 45.6 cm³/mol. The first kappa shape index (κ1) is 9.23. The Bertz CT molecular complexity index is 206. The molecule has 0 aliphatic heterocycles. The van der Waals surface area contributed by atoms with Crippen molar-refractivity contribution in [2.45, 2.75) is 19.6 Å². The summed E-state index contributed by atoms with van der Waals surface area (Å²) in [5.41, 5.74) is 1.11. The number of rotatable bonds is 4. The smallest absolute Gasteiger partial charge is 0.0716 e. The van der Waals surface area contributed by atoms with E-state index in [4.69, 9.17) is 4.74 Å². The zero-order valence-electron chi connectivity index (χ0n) is 7.19. The number of benzene rings is 1. The molecule has 0 N–H and O–H groups in total. The molecule has 0 saturated carbocycles. The molecule has 1 rings (SSSR count). The molecule has 2 heteroatoms. The third-order valence-electron chi connectivity index (χ3n) is 1.46. The lowest BCUT2D eigenvalue weighted by Gasteiger charge is -2.15. The molecule has 0 fully saturated rings. The largest absolute Gasteiger partial charge is 0.851 e. The van der Waals surface area contributed by atoms with E-state index in [0.29, 0.717) is 6.61 Å². The Morgan fingerprint density at radius 2 is 2.00 bits per heavy atom. The van der Waals surface area contributed by atoms with Crippen LogP contribution < -0.4 is 5.11 Å². The SMILES string of the molecule is CC([O-])COCc1ccccc1. The molecule has 0 aliphatic rings. The van der Waals surface area contributed by atoms with Crippen LogP contribution in [0.1, 0.15) is 12.5 Å². The highest BCUT2D eigenvalue weighted by Crippen LogP contribution is 2.00. The molecule has 2 nitrogen and oxygen atoms in total. The van der Waals surface area contributed by atoms with Gasteiger partial charge in [-0.3, -0.25) is 0 Å². The molecule has 66 valence electrons. The minimum absolute atomic E-state index is 0.287. The number of hydrogen-bond donors (Lipinski definition) is 0. The highest BCUT2D eigenvalue weighted by molar-refractivity contribution is 5.13. The minimum atomic E-state index is -0.631. The Morgan fingerprint density at radius 1 is 1.33 bits per heavy atom. The minimum Gasteiger partial charge on any atom is -0.851 e. The summed E-state index contributed by atoms with van der Waals surface area (Å²) >= 11 is 0. The molecule has 1 aromatic carbocycles. The molecule has 0 radical (unpaired) electrons. The molecule has 0 aliphatic carbocycles. The second-order valence-corrected chi connectivity index (χ2v) is 2.81. The van der Waals surface area contributed by atoms with Crippen molar-refractivity contribution in [3.63, 3.8) is 0 Å². The fraction of sp³-hybridized carbons (Fsp3) is 0.400. The van der Waals surface area contributed by atoms with Gasteiger partial charge in [0.15, 0.2) is 0 Å².